The average Bonchev–Trinajstić information content (AvgIpc) is 3.07. The maximum absolute atomic E-state index is 11.2. The lowest BCUT2D eigenvalue weighted by molar-refractivity contribution is -0.172. The van der Waals surface area contributed by atoms with Crippen LogP contribution in [-0.4, -0.2) is 22.4 Å². The second-order valence-corrected chi connectivity index (χ2v) is 13.4. The van der Waals surface area contributed by atoms with E-state index in [2.05, 4.69) is 41.5 Å². The van der Waals surface area contributed by atoms with Gasteiger partial charge >= 0.3 is 0 Å². The van der Waals surface area contributed by atoms with Gasteiger partial charge in [-0.05, 0) is 116 Å². The molecule has 0 amide bonds. The van der Waals surface area contributed by atoms with Crippen molar-refractivity contribution in [3.63, 3.8) is 0 Å². The molecule has 0 radical (unpaired) electrons. The summed E-state index contributed by atoms with van der Waals surface area (Å²) in [6, 6.07) is 0. The van der Waals surface area contributed by atoms with Crippen LogP contribution in [0, 0.1) is 58.2 Å². The maximum atomic E-state index is 11.2. The summed E-state index contributed by atoms with van der Waals surface area (Å²) in [7, 11) is 0. The highest BCUT2D eigenvalue weighted by atomic mass is 16.3. The van der Waals surface area contributed by atoms with Crippen LogP contribution in [0.25, 0.3) is 0 Å². The van der Waals surface area contributed by atoms with Gasteiger partial charge in [-0.25, -0.2) is 0 Å². The molecule has 2 N–H and O–H groups in total. The van der Waals surface area contributed by atoms with Crippen molar-refractivity contribution in [3.05, 3.63) is 0 Å². The van der Waals surface area contributed by atoms with E-state index >= 15 is 0 Å². The Hall–Kier alpha value is -0.0800. The number of aliphatic hydroxyl groups excluding tert-OH is 2. The van der Waals surface area contributed by atoms with E-state index in [0.29, 0.717) is 17.3 Å². The van der Waals surface area contributed by atoms with E-state index in [1.165, 1.54) is 44.9 Å². The number of rotatable bonds is 6. The van der Waals surface area contributed by atoms with E-state index < -0.39 is 0 Å². The first-order valence-corrected chi connectivity index (χ1v) is 14.0. The number of fused-ring (bicyclic) bond motifs is 5. The predicted octanol–water partition coefficient (Wildman–Crippen LogP) is 7.08. The molecule has 2 nitrogen and oxygen atoms in total. The molecule has 4 aliphatic carbocycles. The van der Waals surface area contributed by atoms with E-state index in [4.69, 9.17) is 0 Å². The van der Waals surface area contributed by atoms with Crippen LogP contribution in [0.5, 0.6) is 0 Å². The lowest BCUT2D eigenvalue weighted by Gasteiger charge is -2.62. The molecule has 4 fully saturated rings. The van der Waals surface area contributed by atoms with Crippen molar-refractivity contribution < 1.29 is 10.2 Å². The number of hydrogen-bond acceptors (Lipinski definition) is 2. The van der Waals surface area contributed by atoms with Crippen molar-refractivity contribution in [1.82, 2.24) is 0 Å². The fourth-order valence-corrected chi connectivity index (χ4v) is 9.94. The second kappa shape index (κ2) is 8.94. The molecule has 0 aromatic heterocycles. The molecule has 180 valence electrons. The van der Waals surface area contributed by atoms with Gasteiger partial charge in [0.25, 0.3) is 0 Å². The third kappa shape index (κ3) is 4.05. The Bertz CT molecular complexity index is 616. The summed E-state index contributed by atoms with van der Waals surface area (Å²) in [5.41, 5.74) is 0.732. The lowest BCUT2D eigenvalue weighted by atomic mass is 9.43. The first-order chi connectivity index (χ1) is 14.6. The van der Waals surface area contributed by atoms with Crippen LogP contribution in [0.4, 0.5) is 0 Å². The van der Waals surface area contributed by atoms with Gasteiger partial charge in [-0.15, -0.1) is 0 Å². The first-order valence-electron chi connectivity index (χ1n) is 14.0. The summed E-state index contributed by atoms with van der Waals surface area (Å²) in [6.07, 6.45) is 13.2. The Balaban J connectivity index is 1.48. The maximum Gasteiger partial charge on any atom is 0.0577 e. The molecule has 0 saturated heterocycles. The summed E-state index contributed by atoms with van der Waals surface area (Å²) in [5.74, 6) is 6.01. The molecule has 0 aromatic rings. The minimum absolute atomic E-state index is 0.187. The lowest BCUT2D eigenvalue weighted by Crippen LogP contribution is -2.58. The topological polar surface area (TPSA) is 40.5 Å². The molecule has 0 bridgehead atoms. The van der Waals surface area contributed by atoms with Gasteiger partial charge < -0.3 is 10.2 Å². The third-order valence-electron chi connectivity index (χ3n) is 11.9. The molecule has 4 aliphatic rings. The summed E-state index contributed by atoms with van der Waals surface area (Å²) in [5, 5.41) is 21.5. The van der Waals surface area contributed by atoms with Gasteiger partial charge in [0.15, 0.2) is 0 Å². The molecular weight excluding hydrogens is 380 g/mol. The van der Waals surface area contributed by atoms with Crippen LogP contribution >= 0.6 is 0 Å². The van der Waals surface area contributed by atoms with Gasteiger partial charge in [-0.1, -0.05) is 54.4 Å². The van der Waals surface area contributed by atoms with E-state index in [1.54, 1.807) is 0 Å². The molecule has 0 spiro atoms. The number of aliphatic hydroxyl groups is 2. The van der Waals surface area contributed by atoms with E-state index in [-0.39, 0.29) is 17.6 Å². The first kappa shape index (κ1) is 24.1. The Morgan fingerprint density at radius 1 is 0.806 bits per heavy atom. The Labute approximate surface area is 193 Å². The molecule has 4 saturated carbocycles. The van der Waals surface area contributed by atoms with Crippen molar-refractivity contribution in [2.45, 2.75) is 124 Å². The van der Waals surface area contributed by atoms with Gasteiger partial charge in [0.05, 0.1) is 12.2 Å². The monoisotopic (exact) mass is 432 g/mol. The summed E-state index contributed by atoms with van der Waals surface area (Å²) in [4.78, 5) is 0. The highest BCUT2D eigenvalue weighted by Crippen LogP contribution is 2.68. The van der Waals surface area contributed by atoms with Gasteiger partial charge in [-0.3, -0.25) is 0 Å². The zero-order valence-corrected chi connectivity index (χ0v) is 21.4. The van der Waals surface area contributed by atoms with Crippen molar-refractivity contribution in [3.8, 4) is 0 Å². The van der Waals surface area contributed by atoms with Crippen LogP contribution in [0.15, 0.2) is 0 Å². The van der Waals surface area contributed by atoms with Crippen LogP contribution in [0.1, 0.15) is 112 Å². The van der Waals surface area contributed by atoms with Gasteiger partial charge in [0, 0.05) is 0 Å². The zero-order chi connectivity index (χ0) is 22.6. The molecule has 2 heteroatoms. The highest BCUT2D eigenvalue weighted by Gasteiger charge is 2.62. The Morgan fingerprint density at radius 2 is 1.48 bits per heavy atom. The zero-order valence-electron chi connectivity index (χ0n) is 21.4. The fraction of sp³-hybridized carbons (Fsp3) is 1.00. The summed E-state index contributed by atoms with van der Waals surface area (Å²) >= 11 is 0. The molecular formula is C29H52O2. The SMILES string of the molecule is CC[C@H](CC[C@@H](C)[C@H]1CC[C@H]2[C@@H]3C[C@H](O)[C@@H]4C[C@@H](O)CC[C@]4(C)[C@H]3CC[C@]12C)C(C)C. The largest absolute Gasteiger partial charge is 0.393 e. The van der Waals surface area contributed by atoms with Crippen molar-refractivity contribution >= 4 is 0 Å². The number of hydrogen-bond donors (Lipinski definition) is 2. The average molecular weight is 433 g/mol. The minimum atomic E-state index is -0.198. The Kier molecular flexibility index (Phi) is 6.93. The van der Waals surface area contributed by atoms with Crippen LogP contribution in [-0.2, 0) is 0 Å². The quantitative estimate of drug-likeness (QED) is 0.471. The van der Waals surface area contributed by atoms with Crippen molar-refractivity contribution in [2.24, 2.45) is 58.2 Å². The van der Waals surface area contributed by atoms with Crippen LogP contribution in [0.3, 0.4) is 0 Å². The normalized spacial score (nSPS) is 49.3. The highest BCUT2D eigenvalue weighted by molar-refractivity contribution is 5.11. The van der Waals surface area contributed by atoms with Crippen LogP contribution in [0.2, 0.25) is 0 Å². The molecule has 0 unspecified atom stereocenters. The van der Waals surface area contributed by atoms with E-state index in [1.807, 2.05) is 0 Å². The molecule has 0 heterocycles. The summed E-state index contributed by atoms with van der Waals surface area (Å²) in [6.45, 7) is 14.9. The van der Waals surface area contributed by atoms with Crippen molar-refractivity contribution in [1.29, 1.82) is 0 Å². The van der Waals surface area contributed by atoms with Crippen molar-refractivity contribution in [2.75, 3.05) is 0 Å². The van der Waals surface area contributed by atoms with E-state index in [9.17, 15) is 10.2 Å². The Morgan fingerprint density at radius 3 is 2.16 bits per heavy atom. The third-order valence-corrected chi connectivity index (χ3v) is 11.9. The molecule has 31 heavy (non-hydrogen) atoms. The second-order valence-electron chi connectivity index (χ2n) is 13.4. The molecule has 4 rings (SSSR count). The van der Waals surface area contributed by atoms with E-state index in [0.717, 1.165) is 61.2 Å². The molecule has 0 aromatic carbocycles. The van der Waals surface area contributed by atoms with Gasteiger partial charge in [0.1, 0.15) is 0 Å². The molecule has 11 atom stereocenters. The minimum Gasteiger partial charge on any atom is -0.393 e. The predicted molar refractivity (Wildman–Crippen MR) is 130 cm³/mol. The standard InChI is InChI=1S/C29H52O2/c1-7-20(18(2)3)9-8-19(4)23-10-11-24-22-17-27(31)26-16-21(30)12-14-29(26,6)25(22)13-15-28(23,24)5/h18-27,30-31H,7-17H2,1-6H3/t19-,20-,21+,22+,23-,24+,25+,26+,27+,28-,29-/m1/s1. The summed E-state index contributed by atoms with van der Waals surface area (Å²) < 4.78 is 0. The fourth-order valence-electron chi connectivity index (χ4n) is 9.94. The van der Waals surface area contributed by atoms with Gasteiger partial charge in [-0.2, -0.15) is 0 Å². The van der Waals surface area contributed by atoms with Gasteiger partial charge in [0.2, 0.25) is 0 Å². The smallest absolute Gasteiger partial charge is 0.0577 e. The van der Waals surface area contributed by atoms with Crippen LogP contribution < -0.4 is 0 Å². The molecule has 0 aliphatic heterocycles.